The topological polar surface area (TPSA) is 76.1 Å². The van der Waals surface area contributed by atoms with Gasteiger partial charge in [0.25, 0.3) is 0 Å². The van der Waals surface area contributed by atoms with Crippen LogP contribution < -0.4 is 0 Å². The van der Waals surface area contributed by atoms with E-state index in [9.17, 15) is 14.7 Å². The summed E-state index contributed by atoms with van der Waals surface area (Å²) in [5.74, 6) is -0.575. The first-order valence-corrected chi connectivity index (χ1v) is 8.90. The molecular weight excluding hydrogens is 298 g/mol. The third-order valence-corrected chi connectivity index (χ3v) is 5.45. The molecule has 0 aromatic heterocycles. The molecule has 2 heterocycles. The first kappa shape index (κ1) is 16.7. The number of carbonyl (C=O) groups is 2. The molecule has 4 atom stereocenters. The van der Waals surface area contributed by atoms with E-state index < -0.39 is 12.0 Å². The standard InChI is InChI=1S/C17H27NO5/c19-16(7-9-22-11-13-5-3-8-23-13)18-14-6-2-1-4-12(14)10-15(18)17(20)21/h12-15H,1-11H2,(H,20,21)/t12-,13+,14-,15-/m0/s1. The van der Waals surface area contributed by atoms with Crippen molar-refractivity contribution in [3.05, 3.63) is 0 Å². The summed E-state index contributed by atoms with van der Waals surface area (Å²) in [5.41, 5.74) is 0. The second-order valence-corrected chi connectivity index (χ2v) is 6.96. The molecule has 3 fully saturated rings. The van der Waals surface area contributed by atoms with Crippen molar-refractivity contribution in [3.63, 3.8) is 0 Å². The first-order chi connectivity index (χ1) is 11.2. The molecule has 2 saturated heterocycles. The first-order valence-electron chi connectivity index (χ1n) is 8.90. The molecule has 1 aliphatic carbocycles. The number of nitrogens with zero attached hydrogens (tertiary/aromatic N) is 1. The average molecular weight is 325 g/mol. The molecule has 1 amide bonds. The van der Waals surface area contributed by atoms with Gasteiger partial charge in [-0.1, -0.05) is 12.8 Å². The minimum absolute atomic E-state index is 0.0702. The number of fused-ring (bicyclic) bond motifs is 1. The Morgan fingerprint density at radius 3 is 2.74 bits per heavy atom. The van der Waals surface area contributed by atoms with Gasteiger partial charge in [-0.05, 0) is 38.0 Å². The molecule has 0 aromatic carbocycles. The fourth-order valence-electron chi connectivity index (χ4n) is 4.32. The Labute approximate surface area is 137 Å². The zero-order valence-corrected chi connectivity index (χ0v) is 13.6. The van der Waals surface area contributed by atoms with Gasteiger partial charge in [0.1, 0.15) is 6.04 Å². The third-order valence-electron chi connectivity index (χ3n) is 5.45. The Kier molecular flexibility index (Phi) is 5.54. The van der Waals surface area contributed by atoms with Crippen LogP contribution in [0.4, 0.5) is 0 Å². The smallest absolute Gasteiger partial charge is 0.326 e. The number of carboxylic acid groups (broad SMARTS) is 1. The minimum atomic E-state index is -0.868. The number of rotatable bonds is 6. The third kappa shape index (κ3) is 3.86. The molecule has 0 unspecified atom stereocenters. The number of ether oxygens (including phenoxy) is 2. The summed E-state index contributed by atoms with van der Waals surface area (Å²) in [4.78, 5) is 25.7. The predicted molar refractivity (Wildman–Crippen MR) is 83.0 cm³/mol. The van der Waals surface area contributed by atoms with E-state index in [4.69, 9.17) is 9.47 Å². The second-order valence-electron chi connectivity index (χ2n) is 6.96. The number of likely N-dealkylation sites (tertiary alicyclic amines) is 1. The number of carboxylic acids is 1. The van der Waals surface area contributed by atoms with Crippen LogP contribution in [0, 0.1) is 5.92 Å². The summed E-state index contributed by atoms with van der Waals surface area (Å²) >= 11 is 0. The van der Waals surface area contributed by atoms with Gasteiger partial charge in [-0.25, -0.2) is 4.79 Å². The maximum absolute atomic E-state index is 12.6. The van der Waals surface area contributed by atoms with E-state index in [-0.39, 0.29) is 24.5 Å². The Morgan fingerprint density at radius 2 is 2.00 bits per heavy atom. The monoisotopic (exact) mass is 325 g/mol. The van der Waals surface area contributed by atoms with E-state index in [0.717, 1.165) is 45.1 Å². The zero-order valence-electron chi connectivity index (χ0n) is 13.6. The lowest BCUT2D eigenvalue weighted by molar-refractivity contribution is -0.150. The van der Waals surface area contributed by atoms with Gasteiger partial charge >= 0.3 is 5.97 Å². The van der Waals surface area contributed by atoms with Crippen LogP contribution in [0.15, 0.2) is 0 Å². The lowest BCUT2D eigenvalue weighted by Gasteiger charge is -2.33. The van der Waals surface area contributed by atoms with Crippen LogP contribution in [0.25, 0.3) is 0 Å². The van der Waals surface area contributed by atoms with E-state index in [1.807, 2.05) is 0 Å². The highest BCUT2D eigenvalue weighted by atomic mass is 16.5. The fourth-order valence-corrected chi connectivity index (χ4v) is 4.32. The number of hydrogen-bond donors (Lipinski definition) is 1. The maximum atomic E-state index is 12.6. The number of amides is 1. The highest BCUT2D eigenvalue weighted by molar-refractivity contribution is 5.84. The van der Waals surface area contributed by atoms with Crippen molar-refractivity contribution in [1.29, 1.82) is 0 Å². The van der Waals surface area contributed by atoms with Crippen LogP contribution >= 0.6 is 0 Å². The quantitative estimate of drug-likeness (QED) is 0.754. The van der Waals surface area contributed by atoms with E-state index >= 15 is 0 Å². The largest absolute Gasteiger partial charge is 0.480 e. The predicted octanol–water partition coefficient (Wildman–Crippen LogP) is 1.82. The molecule has 6 nitrogen and oxygen atoms in total. The second kappa shape index (κ2) is 7.62. The Hall–Kier alpha value is -1.14. The van der Waals surface area contributed by atoms with Crippen molar-refractivity contribution in [2.75, 3.05) is 19.8 Å². The van der Waals surface area contributed by atoms with Crippen LogP contribution in [0.2, 0.25) is 0 Å². The molecule has 6 heteroatoms. The van der Waals surface area contributed by atoms with E-state index in [2.05, 4.69) is 0 Å². The molecule has 1 saturated carbocycles. The van der Waals surface area contributed by atoms with E-state index in [1.165, 1.54) is 0 Å². The van der Waals surface area contributed by atoms with Gasteiger partial charge in [-0.15, -0.1) is 0 Å². The summed E-state index contributed by atoms with van der Waals surface area (Å²) in [6, 6.07) is -0.524. The lowest BCUT2D eigenvalue weighted by Crippen LogP contribution is -2.46. The average Bonchev–Trinajstić information content (AvgIpc) is 3.18. The van der Waals surface area contributed by atoms with Gasteiger partial charge in [0.05, 0.1) is 25.7 Å². The van der Waals surface area contributed by atoms with Gasteiger partial charge in [-0.3, -0.25) is 4.79 Å². The van der Waals surface area contributed by atoms with E-state index in [1.54, 1.807) is 4.90 Å². The molecule has 0 radical (unpaired) electrons. The van der Waals surface area contributed by atoms with Gasteiger partial charge in [0.2, 0.25) is 5.91 Å². The van der Waals surface area contributed by atoms with Crippen molar-refractivity contribution < 1.29 is 24.2 Å². The van der Waals surface area contributed by atoms with Gasteiger partial charge in [0.15, 0.2) is 0 Å². The highest BCUT2D eigenvalue weighted by Gasteiger charge is 2.47. The molecule has 0 bridgehead atoms. The van der Waals surface area contributed by atoms with Crippen LogP contribution in [-0.2, 0) is 19.1 Å². The molecule has 3 rings (SSSR count). The molecule has 3 aliphatic rings. The summed E-state index contributed by atoms with van der Waals surface area (Å²) in [7, 11) is 0. The summed E-state index contributed by atoms with van der Waals surface area (Å²) in [5, 5.41) is 9.45. The Morgan fingerprint density at radius 1 is 1.17 bits per heavy atom. The van der Waals surface area contributed by atoms with Gasteiger partial charge < -0.3 is 19.5 Å². The number of hydrogen-bond acceptors (Lipinski definition) is 4. The van der Waals surface area contributed by atoms with Crippen molar-refractivity contribution in [3.8, 4) is 0 Å². The lowest BCUT2D eigenvalue weighted by atomic mass is 9.84. The molecule has 2 aliphatic heterocycles. The van der Waals surface area contributed by atoms with Crippen LogP contribution in [0.3, 0.4) is 0 Å². The molecule has 0 aromatic rings. The Bertz CT molecular complexity index is 435. The molecule has 1 N–H and O–H groups in total. The van der Waals surface area contributed by atoms with E-state index in [0.29, 0.717) is 25.6 Å². The number of aliphatic carboxylic acids is 1. The van der Waals surface area contributed by atoms with Gasteiger partial charge in [0, 0.05) is 12.6 Å². The van der Waals surface area contributed by atoms with Gasteiger partial charge in [-0.2, -0.15) is 0 Å². The molecule has 23 heavy (non-hydrogen) atoms. The number of carbonyl (C=O) groups excluding carboxylic acids is 1. The SMILES string of the molecule is O=C(O)[C@@H]1C[C@@H]2CCCC[C@@H]2N1C(=O)CCOC[C@H]1CCCO1. The van der Waals surface area contributed by atoms with Crippen molar-refractivity contribution >= 4 is 11.9 Å². The van der Waals surface area contributed by atoms with Crippen molar-refractivity contribution in [1.82, 2.24) is 4.90 Å². The van der Waals surface area contributed by atoms with Crippen LogP contribution in [0.1, 0.15) is 51.4 Å². The maximum Gasteiger partial charge on any atom is 0.326 e. The molecule has 130 valence electrons. The summed E-state index contributed by atoms with van der Waals surface area (Å²) < 4.78 is 11.0. The van der Waals surface area contributed by atoms with Crippen molar-refractivity contribution in [2.24, 2.45) is 5.92 Å². The van der Waals surface area contributed by atoms with Crippen molar-refractivity contribution in [2.45, 2.75) is 69.6 Å². The van der Waals surface area contributed by atoms with Crippen LogP contribution in [-0.4, -0.2) is 59.9 Å². The van der Waals surface area contributed by atoms with Crippen LogP contribution in [0.5, 0.6) is 0 Å². The zero-order chi connectivity index (χ0) is 16.2. The summed E-state index contributed by atoms with van der Waals surface area (Å²) in [6.45, 7) is 1.67. The normalized spacial score (nSPS) is 33.7. The Balaban J connectivity index is 1.50. The minimum Gasteiger partial charge on any atom is -0.480 e. The molecule has 0 spiro atoms. The highest BCUT2D eigenvalue weighted by Crippen LogP contribution is 2.40. The summed E-state index contributed by atoms with van der Waals surface area (Å²) in [6.07, 6.45) is 7.36. The molecular formula is C17H27NO5. The fraction of sp³-hybridized carbons (Fsp3) is 0.882.